The summed E-state index contributed by atoms with van der Waals surface area (Å²) < 4.78 is 0. The normalized spacial score (nSPS) is 15.2. The lowest BCUT2D eigenvalue weighted by Crippen LogP contribution is -2.41. The minimum atomic E-state index is 0.272. The van der Waals surface area contributed by atoms with Crippen LogP contribution in [0.2, 0.25) is 0 Å². The fraction of sp³-hybridized carbons (Fsp3) is 0.333. The van der Waals surface area contributed by atoms with Crippen LogP contribution in [-0.2, 0) is 0 Å². The predicted octanol–water partition coefficient (Wildman–Crippen LogP) is 3.74. The van der Waals surface area contributed by atoms with Crippen molar-refractivity contribution < 1.29 is 0 Å². The van der Waals surface area contributed by atoms with Crippen molar-refractivity contribution in [3.63, 3.8) is 0 Å². The van der Waals surface area contributed by atoms with Crippen LogP contribution in [0.5, 0.6) is 0 Å². The number of nitrogens with zero attached hydrogens (tertiary/aromatic N) is 5. The Balaban J connectivity index is 1.35. The number of benzene rings is 1. The highest BCUT2D eigenvalue weighted by Gasteiger charge is 2.24. The van der Waals surface area contributed by atoms with E-state index in [2.05, 4.69) is 44.7 Å². The molecule has 4 rings (SSSR count). The molecule has 8 heteroatoms. The summed E-state index contributed by atoms with van der Waals surface area (Å²) in [5, 5.41) is 19.2. The number of aromatic nitrogens is 4. The van der Waals surface area contributed by atoms with Gasteiger partial charge in [0.1, 0.15) is 0 Å². The molecule has 1 saturated heterocycles. The average Bonchev–Trinajstić information content (AvgIpc) is 3.35. The van der Waals surface area contributed by atoms with E-state index in [1.165, 1.54) is 5.56 Å². The number of likely N-dealkylation sites (tertiary alicyclic amines) is 1. The molecule has 0 unspecified atom stereocenters. The molecule has 26 heavy (non-hydrogen) atoms. The Morgan fingerprint density at radius 1 is 1.19 bits per heavy atom. The van der Waals surface area contributed by atoms with Gasteiger partial charge >= 0.3 is 0 Å². The second-order valence-corrected chi connectivity index (χ2v) is 7.71. The first-order valence-electron chi connectivity index (χ1n) is 8.65. The monoisotopic (exact) mass is 384 g/mol. The third kappa shape index (κ3) is 3.61. The lowest BCUT2D eigenvalue weighted by Gasteiger charge is -2.33. The summed E-state index contributed by atoms with van der Waals surface area (Å²) in [4.78, 5) is 5.04. The Bertz CT molecular complexity index is 881. The van der Waals surface area contributed by atoms with Crippen LogP contribution in [0.4, 0.5) is 5.69 Å². The van der Waals surface area contributed by atoms with Crippen LogP contribution in [0, 0.1) is 6.92 Å². The minimum absolute atomic E-state index is 0.272. The predicted molar refractivity (Wildman–Crippen MR) is 108 cm³/mol. The van der Waals surface area contributed by atoms with Crippen LogP contribution >= 0.6 is 23.6 Å². The van der Waals surface area contributed by atoms with E-state index in [0.29, 0.717) is 5.82 Å². The standard InChI is InChI=1S/C18H20N6S2/c1-13-5-2-3-6-15(13)19-18(25)23-10-8-14(9-11-23)24-21-17(20-22-24)16-7-4-12-26-16/h2-7,12,14H,8-11H2,1H3,(H,19,25). The second-order valence-electron chi connectivity index (χ2n) is 6.37. The maximum Gasteiger partial charge on any atom is 0.214 e. The molecule has 0 spiro atoms. The number of nitrogens with one attached hydrogen (secondary N) is 1. The minimum Gasteiger partial charge on any atom is -0.349 e. The van der Waals surface area contributed by atoms with Crippen molar-refractivity contribution in [1.82, 2.24) is 25.1 Å². The van der Waals surface area contributed by atoms with Crippen molar-refractivity contribution in [3.05, 3.63) is 47.3 Å². The highest BCUT2D eigenvalue weighted by Crippen LogP contribution is 2.24. The topological polar surface area (TPSA) is 58.9 Å². The molecule has 6 nitrogen and oxygen atoms in total. The molecule has 1 N–H and O–H groups in total. The third-order valence-corrected chi connectivity index (χ3v) is 5.86. The SMILES string of the molecule is Cc1ccccc1NC(=S)N1CCC(n2nnc(-c3cccs3)n2)CC1. The number of hydrogen-bond acceptors (Lipinski definition) is 5. The van der Waals surface area contributed by atoms with Gasteiger partial charge in [-0.15, -0.1) is 21.5 Å². The van der Waals surface area contributed by atoms with Gasteiger partial charge in [0.15, 0.2) is 5.11 Å². The van der Waals surface area contributed by atoms with Crippen LogP contribution in [-0.4, -0.2) is 43.3 Å². The average molecular weight is 385 g/mol. The van der Waals surface area contributed by atoms with Crippen LogP contribution in [0.15, 0.2) is 41.8 Å². The number of hydrogen-bond donors (Lipinski definition) is 1. The van der Waals surface area contributed by atoms with Crippen molar-refractivity contribution in [2.24, 2.45) is 0 Å². The van der Waals surface area contributed by atoms with E-state index in [4.69, 9.17) is 12.2 Å². The summed E-state index contributed by atoms with van der Waals surface area (Å²) >= 11 is 7.23. The quantitative estimate of drug-likeness (QED) is 0.694. The van der Waals surface area contributed by atoms with Gasteiger partial charge in [-0.05, 0) is 60.3 Å². The van der Waals surface area contributed by atoms with Gasteiger partial charge in [0.25, 0.3) is 0 Å². The van der Waals surface area contributed by atoms with Crippen LogP contribution in [0.3, 0.4) is 0 Å². The second kappa shape index (κ2) is 7.51. The van der Waals surface area contributed by atoms with E-state index in [-0.39, 0.29) is 6.04 Å². The number of piperidine rings is 1. The van der Waals surface area contributed by atoms with E-state index in [1.807, 2.05) is 29.6 Å². The number of aryl methyl sites for hydroxylation is 1. The molecule has 1 aliphatic heterocycles. The molecule has 1 fully saturated rings. The van der Waals surface area contributed by atoms with Crippen molar-refractivity contribution in [1.29, 1.82) is 0 Å². The van der Waals surface area contributed by atoms with Gasteiger partial charge in [-0.1, -0.05) is 24.3 Å². The van der Waals surface area contributed by atoms with Gasteiger partial charge in [0.05, 0.1) is 10.9 Å². The summed E-state index contributed by atoms with van der Waals surface area (Å²) in [6, 6.07) is 12.5. The third-order valence-electron chi connectivity index (χ3n) is 4.63. The zero-order valence-electron chi connectivity index (χ0n) is 14.5. The largest absolute Gasteiger partial charge is 0.349 e. The molecular weight excluding hydrogens is 364 g/mol. The van der Waals surface area contributed by atoms with Gasteiger partial charge in [0, 0.05) is 18.8 Å². The number of tetrazole rings is 1. The molecule has 3 heterocycles. The number of thiocarbonyl (C=S) groups is 1. The van der Waals surface area contributed by atoms with E-state index in [9.17, 15) is 0 Å². The van der Waals surface area contributed by atoms with E-state index in [1.54, 1.807) is 16.1 Å². The number of para-hydroxylation sites is 1. The van der Waals surface area contributed by atoms with E-state index < -0.39 is 0 Å². The highest BCUT2D eigenvalue weighted by molar-refractivity contribution is 7.80. The lowest BCUT2D eigenvalue weighted by molar-refractivity contribution is 0.238. The van der Waals surface area contributed by atoms with Crippen LogP contribution in [0.1, 0.15) is 24.4 Å². The Morgan fingerprint density at radius 2 is 2.00 bits per heavy atom. The maximum atomic E-state index is 5.59. The zero-order chi connectivity index (χ0) is 17.9. The zero-order valence-corrected chi connectivity index (χ0v) is 16.1. The first-order chi connectivity index (χ1) is 12.7. The van der Waals surface area contributed by atoms with Crippen LogP contribution in [0.25, 0.3) is 10.7 Å². The van der Waals surface area contributed by atoms with Gasteiger partial charge in [-0.2, -0.15) is 4.80 Å². The Labute approximate surface area is 161 Å². The van der Waals surface area contributed by atoms with Crippen LogP contribution < -0.4 is 5.32 Å². The van der Waals surface area contributed by atoms with Gasteiger partial charge < -0.3 is 10.2 Å². The number of rotatable bonds is 3. The van der Waals surface area contributed by atoms with Crippen molar-refractivity contribution in [3.8, 4) is 10.7 Å². The molecular formula is C18H20N6S2. The van der Waals surface area contributed by atoms with E-state index >= 15 is 0 Å². The van der Waals surface area contributed by atoms with Gasteiger partial charge in [-0.25, -0.2) is 0 Å². The molecule has 1 aliphatic rings. The Kier molecular flexibility index (Phi) is 4.94. The molecule has 3 aromatic rings. The Morgan fingerprint density at radius 3 is 2.73 bits per heavy atom. The van der Waals surface area contributed by atoms with Crippen molar-refractivity contribution in [2.45, 2.75) is 25.8 Å². The summed E-state index contributed by atoms with van der Waals surface area (Å²) in [5.74, 6) is 0.708. The summed E-state index contributed by atoms with van der Waals surface area (Å²) in [5.41, 5.74) is 2.26. The molecule has 0 saturated carbocycles. The maximum absolute atomic E-state index is 5.59. The molecule has 0 atom stereocenters. The Hall–Kier alpha value is -2.32. The molecule has 2 aromatic heterocycles. The van der Waals surface area contributed by atoms with Crippen molar-refractivity contribution >= 4 is 34.4 Å². The first-order valence-corrected chi connectivity index (χ1v) is 9.94. The van der Waals surface area contributed by atoms with Gasteiger partial charge in [0.2, 0.25) is 5.82 Å². The lowest BCUT2D eigenvalue weighted by atomic mass is 10.1. The molecule has 0 bridgehead atoms. The molecule has 1 aromatic carbocycles. The summed E-state index contributed by atoms with van der Waals surface area (Å²) in [6.45, 7) is 3.86. The summed E-state index contributed by atoms with van der Waals surface area (Å²) in [6.07, 6.45) is 1.91. The highest BCUT2D eigenvalue weighted by atomic mass is 32.1. The molecule has 134 valence electrons. The fourth-order valence-electron chi connectivity index (χ4n) is 3.09. The summed E-state index contributed by atoms with van der Waals surface area (Å²) in [7, 11) is 0. The fourth-order valence-corrected chi connectivity index (χ4v) is 4.03. The van der Waals surface area contributed by atoms with Gasteiger partial charge in [-0.3, -0.25) is 0 Å². The van der Waals surface area contributed by atoms with E-state index in [0.717, 1.165) is 41.6 Å². The molecule has 0 radical (unpaired) electrons. The number of thiophene rings is 1. The first kappa shape index (κ1) is 17.1. The molecule has 0 aliphatic carbocycles. The van der Waals surface area contributed by atoms with Crippen molar-refractivity contribution in [2.75, 3.05) is 18.4 Å². The smallest absolute Gasteiger partial charge is 0.214 e. The number of anilines is 1. The molecule has 0 amide bonds.